The molecule has 0 radical (unpaired) electrons. The van der Waals surface area contributed by atoms with Crippen LogP contribution in [0.1, 0.15) is 21.5 Å². The lowest BCUT2D eigenvalue weighted by molar-refractivity contribution is 0.410. The van der Waals surface area contributed by atoms with Crippen LogP contribution in [-0.2, 0) is 0 Å². The lowest BCUT2D eigenvalue weighted by Gasteiger charge is -2.17. The summed E-state index contributed by atoms with van der Waals surface area (Å²) in [4.78, 5) is 0.0313. The van der Waals surface area contributed by atoms with Crippen molar-refractivity contribution in [2.75, 3.05) is 7.11 Å². The van der Waals surface area contributed by atoms with Crippen LogP contribution in [0.15, 0.2) is 34.8 Å². The molecule has 1 unspecified atom stereocenters. The number of alkyl halides is 1. The molecule has 0 heterocycles. The van der Waals surface area contributed by atoms with E-state index in [1.807, 2.05) is 25.1 Å². The number of rotatable bonds is 3. The van der Waals surface area contributed by atoms with Gasteiger partial charge in [-0.15, -0.1) is 0 Å². The summed E-state index contributed by atoms with van der Waals surface area (Å²) in [6.45, 7) is 2.04. The van der Waals surface area contributed by atoms with Crippen LogP contribution in [0.25, 0.3) is 0 Å². The SMILES string of the molecule is COc1cc(C)c(Br)cc1C(Br)c1ccc(I)c(Cl)c1. The van der Waals surface area contributed by atoms with E-state index >= 15 is 0 Å². The molecule has 1 nitrogen and oxygen atoms in total. The number of methoxy groups -OCH3 is 1. The van der Waals surface area contributed by atoms with Crippen molar-refractivity contribution in [3.05, 3.63) is 60.1 Å². The monoisotopic (exact) mass is 528 g/mol. The van der Waals surface area contributed by atoms with Gasteiger partial charge in [0.1, 0.15) is 5.75 Å². The molecule has 0 N–H and O–H groups in total. The lowest BCUT2D eigenvalue weighted by atomic mass is 10.0. The Morgan fingerprint density at radius 1 is 1.25 bits per heavy atom. The molecule has 0 aliphatic carbocycles. The minimum absolute atomic E-state index is 0.0313. The Kier molecular flexibility index (Phi) is 5.79. The molecule has 0 saturated heterocycles. The van der Waals surface area contributed by atoms with Crippen LogP contribution in [0.5, 0.6) is 5.75 Å². The van der Waals surface area contributed by atoms with E-state index in [4.69, 9.17) is 16.3 Å². The standard InChI is InChI=1S/C15H12Br2ClIO/c1-8-5-14(20-2)10(7-11(8)16)15(17)9-3-4-13(19)12(18)6-9/h3-7,15H,1-2H3. The maximum Gasteiger partial charge on any atom is 0.123 e. The zero-order valence-electron chi connectivity index (χ0n) is 10.9. The molecule has 2 aromatic carbocycles. The van der Waals surface area contributed by atoms with E-state index in [1.54, 1.807) is 7.11 Å². The van der Waals surface area contributed by atoms with Gasteiger partial charge in [-0.3, -0.25) is 0 Å². The van der Waals surface area contributed by atoms with Gasteiger partial charge in [0.25, 0.3) is 0 Å². The Bertz CT molecular complexity index is 646. The normalized spacial score (nSPS) is 12.3. The molecule has 2 aromatic rings. The molecule has 0 aliphatic heterocycles. The van der Waals surface area contributed by atoms with Crippen molar-refractivity contribution in [3.63, 3.8) is 0 Å². The zero-order chi connectivity index (χ0) is 14.9. The summed E-state index contributed by atoms with van der Waals surface area (Å²) >= 11 is 15.7. The number of hydrogen-bond acceptors (Lipinski definition) is 1. The molecule has 0 aromatic heterocycles. The molecule has 20 heavy (non-hydrogen) atoms. The molecule has 0 saturated carbocycles. The maximum atomic E-state index is 6.21. The van der Waals surface area contributed by atoms with E-state index in [0.29, 0.717) is 0 Å². The second kappa shape index (κ2) is 6.99. The van der Waals surface area contributed by atoms with Crippen molar-refractivity contribution in [3.8, 4) is 5.75 Å². The van der Waals surface area contributed by atoms with Crippen LogP contribution in [0.4, 0.5) is 0 Å². The number of hydrogen-bond donors (Lipinski definition) is 0. The van der Waals surface area contributed by atoms with Crippen molar-refractivity contribution in [2.24, 2.45) is 0 Å². The first kappa shape index (κ1) is 16.6. The Hall–Kier alpha value is 0.220. The first-order valence-electron chi connectivity index (χ1n) is 5.87. The molecule has 1 atom stereocenters. The predicted molar refractivity (Wildman–Crippen MR) is 100 cm³/mol. The van der Waals surface area contributed by atoms with Gasteiger partial charge < -0.3 is 4.74 Å². The highest BCUT2D eigenvalue weighted by molar-refractivity contribution is 14.1. The molecule has 0 fully saturated rings. The first-order chi connectivity index (χ1) is 9.43. The van der Waals surface area contributed by atoms with Gasteiger partial charge in [0, 0.05) is 13.6 Å². The largest absolute Gasteiger partial charge is 0.496 e. The van der Waals surface area contributed by atoms with Gasteiger partial charge in [-0.25, -0.2) is 0 Å². The summed E-state index contributed by atoms with van der Waals surface area (Å²) in [7, 11) is 1.69. The highest BCUT2D eigenvalue weighted by atomic mass is 127. The number of halogens is 4. The van der Waals surface area contributed by atoms with Crippen molar-refractivity contribution >= 4 is 66.1 Å². The molecule has 0 spiro atoms. The van der Waals surface area contributed by atoms with E-state index in [0.717, 1.165) is 35.5 Å². The molecule has 0 amide bonds. The molecule has 0 bridgehead atoms. The number of aryl methyl sites for hydroxylation is 1. The average Bonchev–Trinajstić information content (AvgIpc) is 2.43. The molecular formula is C15H12Br2ClIO. The molecule has 5 heteroatoms. The van der Waals surface area contributed by atoms with Crippen molar-refractivity contribution in [1.29, 1.82) is 0 Å². The van der Waals surface area contributed by atoms with Crippen molar-refractivity contribution in [2.45, 2.75) is 11.8 Å². The van der Waals surface area contributed by atoms with Gasteiger partial charge in [0.15, 0.2) is 0 Å². The summed E-state index contributed by atoms with van der Waals surface area (Å²) in [6, 6.07) is 10.2. The maximum absolute atomic E-state index is 6.21. The van der Waals surface area contributed by atoms with Gasteiger partial charge in [-0.05, 0) is 64.9 Å². The van der Waals surface area contributed by atoms with Crippen LogP contribution in [0.3, 0.4) is 0 Å². The number of benzene rings is 2. The molecule has 2 rings (SSSR count). The second-order valence-electron chi connectivity index (χ2n) is 4.38. The smallest absolute Gasteiger partial charge is 0.123 e. The number of ether oxygens (including phenoxy) is 1. The van der Waals surface area contributed by atoms with Gasteiger partial charge in [-0.2, -0.15) is 0 Å². The first-order valence-corrected chi connectivity index (χ1v) is 9.03. The van der Waals surface area contributed by atoms with Crippen molar-refractivity contribution < 1.29 is 4.74 Å². The van der Waals surface area contributed by atoms with Crippen LogP contribution in [-0.4, -0.2) is 7.11 Å². The van der Waals surface area contributed by atoms with E-state index in [1.165, 1.54) is 0 Å². The summed E-state index contributed by atoms with van der Waals surface area (Å²) < 4.78 is 7.60. The Morgan fingerprint density at radius 2 is 1.95 bits per heavy atom. The summed E-state index contributed by atoms with van der Waals surface area (Å²) in [5, 5.41) is 0.762. The fourth-order valence-electron chi connectivity index (χ4n) is 1.89. The van der Waals surface area contributed by atoms with Gasteiger partial charge in [-0.1, -0.05) is 49.5 Å². The Balaban J connectivity index is 2.49. The van der Waals surface area contributed by atoms with Gasteiger partial charge in [0.05, 0.1) is 17.0 Å². The molecular weight excluding hydrogens is 518 g/mol. The third kappa shape index (κ3) is 3.51. The highest BCUT2D eigenvalue weighted by Gasteiger charge is 2.17. The Morgan fingerprint density at radius 3 is 2.55 bits per heavy atom. The topological polar surface area (TPSA) is 9.23 Å². The lowest BCUT2D eigenvalue weighted by Crippen LogP contribution is -1.99. The Labute approximate surface area is 154 Å². The highest BCUT2D eigenvalue weighted by Crippen LogP contribution is 2.40. The van der Waals surface area contributed by atoms with E-state index in [2.05, 4.69) is 66.6 Å². The van der Waals surface area contributed by atoms with Crippen LogP contribution < -0.4 is 4.74 Å². The fourth-order valence-corrected chi connectivity index (χ4v) is 3.42. The average molecular weight is 530 g/mol. The van der Waals surface area contributed by atoms with Crippen LogP contribution >= 0.6 is 66.1 Å². The summed E-state index contributed by atoms with van der Waals surface area (Å²) in [5.74, 6) is 0.863. The third-order valence-corrected chi connectivity index (χ3v) is 6.47. The van der Waals surface area contributed by atoms with Gasteiger partial charge in [0.2, 0.25) is 0 Å². The van der Waals surface area contributed by atoms with E-state index in [9.17, 15) is 0 Å². The van der Waals surface area contributed by atoms with E-state index < -0.39 is 0 Å². The molecule has 106 valence electrons. The molecule has 0 aliphatic rings. The zero-order valence-corrected chi connectivity index (χ0v) is 17.0. The third-order valence-electron chi connectivity index (χ3n) is 3.02. The quantitative estimate of drug-likeness (QED) is 0.325. The van der Waals surface area contributed by atoms with E-state index in [-0.39, 0.29) is 4.83 Å². The van der Waals surface area contributed by atoms with Crippen molar-refractivity contribution in [1.82, 2.24) is 0 Å². The fraction of sp³-hybridized carbons (Fsp3) is 0.200. The van der Waals surface area contributed by atoms with Crippen LogP contribution in [0.2, 0.25) is 5.02 Å². The van der Waals surface area contributed by atoms with Gasteiger partial charge >= 0.3 is 0 Å². The minimum atomic E-state index is 0.0313. The summed E-state index contributed by atoms with van der Waals surface area (Å²) in [6.07, 6.45) is 0. The van der Waals surface area contributed by atoms with Crippen LogP contribution in [0, 0.1) is 10.5 Å². The summed E-state index contributed by atoms with van der Waals surface area (Å²) in [5.41, 5.74) is 3.32. The minimum Gasteiger partial charge on any atom is -0.496 e. The second-order valence-corrected chi connectivity index (χ2v) is 7.72. The predicted octanol–water partition coefficient (Wildman–Crippen LogP) is 6.51.